The molecule has 0 spiro atoms. The summed E-state index contributed by atoms with van der Waals surface area (Å²) in [6, 6.07) is 0. The fourth-order valence-corrected chi connectivity index (χ4v) is 4.32. The van der Waals surface area contributed by atoms with Crippen molar-refractivity contribution >= 4 is 0 Å². The van der Waals surface area contributed by atoms with Gasteiger partial charge in [0.2, 0.25) is 0 Å². The van der Waals surface area contributed by atoms with Crippen molar-refractivity contribution in [3.05, 3.63) is 0 Å². The molecule has 21 heavy (non-hydrogen) atoms. The minimum absolute atomic E-state index is 0.943. The molecule has 3 fully saturated rings. The third kappa shape index (κ3) is 4.65. The number of nitrogens with zero attached hydrogens (tertiary/aromatic N) is 4. The Kier molecular flexibility index (Phi) is 5.54. The molecular formula is C17H34N4. The first-order valence-corrected chi connectivity index (χ1v) is 9.01. The van der Waals surface area contributed by atoms with Crippen molar-refractivity contribution in [3.8, 4) is 0 Å². The minimum atomic E-state index is 0.943. The second-order valence-electron chi connectivity index (χ2n) is 7.79. The summed E-state index contributed by atoms with van der Waals surface area (Å²) in [5.74, 6) is 1.89. The topological polar surface area (TPSA) is 13.0 Å². The summed E-state index contributed by atoms with van der Waals surface area (Å²) in [6.07, 6.45) is 4.25. The Balaban J connectivity index is 1.33. The van der Waals surface area contributed by atoms with Gasteiger partial charge in [-0.1, -0.05) is 0 Å². The average molecular weight is 294 g/mol. The SMILES string of the molecule is CN1CCCC(CN2CCN(CC3CN(C)C3)CC2)CC1. The highest BCUT2D eigenvalue weighted by Gasteiger charge is 2.27. The fraction of sp³-hybridized carbons (Fsp3) is 1.00. The van der Waals surface area contributed by atoms with Crippen LogP contribution >= 0.6 is 0 Å². The molecule has 4 heteroatoms. The van der Waals surface area contributed by atoms with Crippen LogP contribution in [0.3, 0.4) is 0 Å². The summed E-state index contributed by atoms with van der Waals surface area (Å²) >= 11 is 0. The number of rotatable bonds is 4. The van der Waals surface area contributed by atoms with Gasteiger partial charge in [0.05, 0.1) is 0 Å². The lowest BCUT2D eigenvalue weighted by molar-refractivity contribution is 0.0570. The summed E-state index contributed by atoms with van der Waals surface area (Å²) in [5.41, 5.74) is 0. The lowest BCUT2D eigenvalue weighted by Crippen LogP contribution is -2.54. The van der Waals surface area contributed by atoms with Gasteiger partial charge in [-0.25, -0.2) is 0 Å². The molecule has 0 N–H and O–H groups in total. The molecule has 0 saturated carbocycles. The van der Waals surface area contributed by atoms with Crippen molar-refractivity contribution in [1.82, 2.24) is 19.6 Å². The molecule has 0 amide bonds. The average Bonchev–Trinajstić information content (AvgIpc) is 2.64. The molecule has 3 aliphatic rings. The van der Waals surface area contributed by atoms with Crippen molar-refractivity contribution in [1.29, 1.82) is 0 Å². The maximum atomic E-state index is 2.74. The van der Waals surface area contributed by atoms with Gasteiger partial charge < -0.3 is 19.6 Å². The van der Waals surface area contributed by atoms with E-state index in [0.717, 1.165) is 11.8 Å². The smallest absolute Gasteiger partial charge is 0.0110 e. The van der Waals surface area contributed by atoms with E-state index in [1.54, 1.807) is 0 Å². The zero-order valence-corrected chi connectivity index (χ0v) is 14.1. The van der Waals surface area contributed by atoms with Crippen molar-refractivity contribution in [3.63, 3.8) is 0 Å². The molecule has 4 nitrogen and oxygen atoms in total. The highest BCUT2D eigenvalue weighted by atomic mass is 15.3. The van der Waals surface area contributed by atoms with E-state index in [1.807, 2.05) is 0 Å². The summed E-state index contributed by atoms with van der Waals surface area (Å²) in [6.45, 7) is 13.1. The van der Waals surface area contributed by atoms with Crippen LogP contribution in [-0.2, 0) is 0 Å². The predicted molar refractivity (Wildman–Crippen MR) is 88.7 cm³/mol. The van der Waals surface area contributed by atoms with Gasteiger partial charge in [-0.15, -0.1) is 0 Å². The molecule has 3 rings (SSSR count). The highest BCUT2D eigenvalue weighted by Crippen LogP contribution is 2.20. The Hall–Kier alpha value is -0.160. The van der Waals surface area contributed by atoms with Crippen molar-refractivity contribution in [2.24, 2.45) is 11.8 Å². The fourth-order valence-electron chi connectivity index (χ4n) is 4.32. The molecule has 0 aromatic carbocycles. The van der Waals surface area contributed by atoms with E-state index in [1.165, 1.54) is 84.7 Å². The van der Waals surface area contributed by atoms with Crippen molar-refractivity contribution in [2.45, 2.75) is 19.3 Å². The van der Waals surface area contributed by atoms with E-state index < -0.39 is 0 Å². The number of piperazine rings is 1. The highest BCUT2D eigenvalue weighted by molar-refractivity contribution is 4.83. The Morgan fingerprint density at radius 2 is 1.29 bits per heavy atom. The lowest BCUT2D eigenvalue weighted by Gasteiger charge is -2.42. The molecule has 0 aromatic rings. The number of hydrogen-bond donors (Lipinski definition) is 0. The second kappa shape index (κ2) is 7.40. The molecule has 1 unspecified atom stereocenters. The Bertz CT molecular complexity index is 308. The Morgan fingerprint density at radius 1 is 0.667 bits per heavy atom. The molecule has 3 saturated heterocycles. The van der Waals surface area contributed by atoms with Crippen LogP contribution in [0, 0.1) is 11.8 Å². The lowest BCUT2D eigenvalue weighted by atomic mass is 9.99. The van der Waals surface area contributed by atoms with Gasteiger partial charge in [0.25, 0.3) is 0 Å². The molecule has 3 aliphatic heterocycles. The van der Waals surface area contributed by atoms with Gasteiger partial charge in [-0.2, -0.15) is 0 Å². The van der Waals surface area contributed by atoms with Crippen LogP contribution in [0.4, 0.5) is 0 Å². The van der Waals surface area contributed by atoms with Crippen LogP contribution in [0.2, 0.25) is 0 Å². The quantitative estimate of drug-likeness (QED) is 0.764. The second-order valence-corrected chi connectivity index (χ2v) is 7.79. The summed E-state index contributed by atoms with van der Waals surface area (Å²) in [7, 11) is 4.51. The Morgan fingerprint density at radius 3 is 1.90 bits per heavy atom. The van der Waals surface area contributed by atoms with E-state index in [9.17, 15) is 0 Å². The predicted octanol–water partition coefficient (Wildman–Crippen LogP) is 0.898. The monoisotopic (exact) mass is 294 g/mol. The number of hydrogen-bond acceptors (Lipinski definition) is 4. The first kappa shape index (κ1) is 15.7. The van der Waals surface area contributed by atoms with E-state index in [-0.39, 0.29) is 0 Å². The van der Waals surface area contributed by atoms with E-state index in [0.29, 0.717) is 0 Å². The van der Waals surface area contributed by atoms with Gasteiger partial charge in [0.15, 0.2) is 0 Å². The van der Waals surface area contributed by atoms with Crippen molar-refractivity contribution in [2.75, 3.05) is 79.5 Å². The Labute approximate surface area is 131 Å². The molecule has 0 aromatic heterocycles. The van der Waals surface area contributed by atoms with Gasteiger partial charge in [0.1, 0.15) is 0 Å². The summed E-state index contributed by atoms with van der Waals surface area (Å²) < 4.78 is 0. The van der Waals surface area contributed by atoms with Crippen LogP contribution in [0.25, 0.3) is 0 Å². The third-order valence-corrected chi connectivity index (χ3v) is 5.71. The minimum Gasteiger partial charge on any atom is -0.306 e. The van der Waals surface area contributed by atoms with Crippen LogP contribution in [0.1, 0.15) is 19.3 Å². The maximum Gasteiger partial charge on any atom is 0.0110 e. The van der Waals surface area contributed by atoms with Gasteiger partial charge in [0, 0.05) is 52.4 Å². The van der Waals surface area contributed by atoms with Crippen LogP contribution in [0.15, 0.2) is 0 Å². The maximum absolute atomic E-state index is 2.74. The van der Waals surface area contributed by atoms with Gasteiger partial charge in [-0.05, 0) is 58.3 Å². The standard InChI is InChI=1S/C17H34N4/c1-18-6-3-4-16(5-7-18)14-20-8-10-21(11-9-20)15-17-12-19(2)13-17/h16-17H,3-15H2,1-2H3. The molecular weight excluding hydrogens is 260 g/mol. The van der Waals surface area contributed by atoms with E-state index >= 15 is 0 Å². The molecule has 1 atom stereocenters. The first-order valence-electron chi connectivity index (χ1n) is 9.01. The van der Waals surface area contributed by atoms with Crippen molar-refractivity contribution < 1.29 is 0 Å². The zero-order chi connectivity index (χ0) is 14.7. The van der Waals surface area contributed by atoms with Gasteiger partial charge in [-0.3, -0.25) is 0 Å². The molecule has 122 valence electrons. The molecule has 0 radical (unpaired) electrons. The molecule has 0 bridgehead atoms. The largest absolute Gasteiger partial charge is 0.306 e. The number of likely N-dealkylation sites (tertiary alicyclic amines) is 2. The zero-order valence-electron chi connectivity index (χ0n) is 14.1. The normalized spacial score (nSPS) is 32.0. The van der Waals surface area contributed by atoms with Crippen LogP contribution in [-0.4, -0.2) is 99.1 Å². The van der Waals surface area contributed by atoms with E-state index in [2.05, 4.69) is 33.7 Å². The van der Waals surface area contributed by atoms with E-state index in [4.69, 9.17) is 0 Å². The third-order valence-electron chi connectivity index (χ3n) is 5.71. The molecule has 3 heterocycles. The summed E-state index contributed by atoms with van der Waals surface area (Å²) in [5, 5.41) is 0. The van der Waals surface area contributed by atoms with Crippen LogP contribution < -0.4 is 0 Å². The van der Waals surface area contributed by atoms with Crippen LogP contribution in [0.5, 0.6) is 0 Å². The molecule has 0 aliphatic carbocycles. The summed E-state index contributed by atoms with van der Waals surface area (Å²) in [4.78, 5) is 10.4. The first-order chi connectivity index (χ1) is 10.2. The van der Waals surface area contributed by atoms with Gasteiger partial charge >= 0.3 is 0 Å².